The van der Waals surface area contributed by atoms with Crippen LogP contribution in [0.15, 0.2) is 69.3 Å². The summed E-state index contributed by atoms with van der Waals surface area (Å²) in [6, 6.07) is 16.0. The van der Waals surface area contributed by atoms with E-state index >= 15 is 0 Å². The highest BCUT2D eigenvalue weighted by Crippen LogP contribution is 2.17. The second kappa shape index (κ2) is 9.01. The van der Waals surface area contributed by atoms with E-state index in [9.17, 15) is 14.0 Å². The van der Waals surface area contributed by atoms with Crippen molar-refractivity contribution >= 4 is 23.3 Å². The molecule has 0 fully saturated rings. The van der Waals surface area contributed by atoms with Crippen LogP contribution >= 0.6 is 0 Å². The van der Waals surface area contributed by atoms with Crippen LogP contribution in [0.2, 0.25) is 0 Å². The molecule has 0 radical (unpaired) electrons. The van der Waals surface area contributed by atoms with Gasteiger partial charge in [-0.15, -0.1) is 0 Å². The predicted molar refractivity (Wildman–Crippen MR) is 123 cm³/mol. The number of anilines is 1. The molecular weight excluding hydrogens is 411 g/mol. The third-order valence-electron chi connectivity index (χ3n) is 5.29. The van der Waals surface area contributed by atoms with Crippen LogP contribution in [0.1, 0.15) is 17.5 Å². The minimum absolute atomic E-state index is 0.289. The molecule has 0 aliphatic heterocycles. The number of nitrogens with zero attached hydrogens (tertiary/aromatic N) is 5. The van der Waals surface area contributed by atoms with Gasteiger partial charge in [-0.25, -0.2) is 14.6 Å². The Morgan fingerprint density at radius 2 is 1.75 bits per heavy atom. The van der Waals surface area contributed by atoms with Crippen molar-refractivity contribution in [2.24, 2.45) is 19.2 Å². The van der Waals surface area contributed by atoms with Crippen molar-refractivity contribution in [1.29, 1.82) is 0 Å². The summed E-state index contributed by atoms with van der Waals surface area (Å²) in [5.74, 6) is 0.0248. The van der Waals surface area contributed by atoms with Crippen LogP contribution in [-0.4, -0.2) is 24.9 Å². The van der Waals surface area contributed by atoms with Gasteiger partial charge >= 0.3 is 5.69 Å². The van der Waals surface area contributed by atoms with Gasteiger partial charge in [-0.05, 0) is 36.1 Å². The van der Waals surface area contributed by atoms with Gasteiger partial charge in [0.15, 0.2) is 11.2 Å². The Labute approximate surface area is 183 Å². The lowest BCUT2D eigenvalue weighted by molar-refractivity contribution is 0.628. The minimum atomic E-state index is -0.446. The highest BCUT2D eigenvalue weighted by molar-refractivity contribution is 5.80. The molecule has 2 heterocycles. The van der Waals surface area contributed by atoms with Gasteiger partial charge in [0.1, 0.15) is 5.82 Å². The number of aromatic nitrogens is 4. The molecule has 0 aliphatic rings. The van der Waals surface area contributed by atoms with Gasteiger partial charge in [0.2, 0.25) is 5.95 Å². The van der Waals surface area contributed by atoms with Crippen LogP contribution < -0.4 is 16.7 Å². The topological polar surface area (TPSA) is 86.2 Å². The summed E-state index contributed by atoms with van der Waals surface area (Å²) in [5.41, 5.74) is 4.54. The summed E-state index contributed by atoms with van der Waals surface area (Å²) in [5, 5.41) is 4.19. The maximum atomic E-state index is 13.1. The number of nitrogens with one attached hydrogen (secondary N) is 1. The zero-order valence-electron chi connectivity index (χ0n) is 17.8. The van der Waals surface area contributed by atoms with E-state index in [-0.39, 0.29) is 11.5 Å². The smallest absolute Gasteiger partial charge is 0.303 e. The van der Waals surface area contributed by atoms with Gasteiger partial charge in [-0.2, -0.15) is 10.1 Å². The van der Waals surface area contributed by atoms with Crippen molar-refractivity contribution in [3.8, 4) is 0 Å². The highest BCUT2D eigenvalue weighted by Gasteiger charge is 2.18. The third-order valence-corrected chi connectivity index (χ3v) is 5.29. The van der Waals surface area contributed by atoms with Crippen LogP contribution in [0.4, 0.5) is 10.3 Å². The molecule has 1 N–H and O–H groups in total. The Morgan fingerprint density at radius 1 is 1.03 bits per heavy atom. The van der Waals surface area contributed by atoms with E-state index in [4.69, 9.17) is 0 Å². The van der Waals surface area contributed by atoms with Crippen LogP contribution in [0.25, 0.3) is 11.2 Å². The van der Waals surface area contributed by atoms with E-state index in [1.54, 1.807) is 23.7 Å². The first-order chi connectivity index (χ1) is 15.5. The summed E-state index contributed by atoms with van der Waals surface area (Å²) < 4.78 is 17.3. The third kappa shape index (κ3) is 4.22. The van der Waals surface area contributed by atoms with Gasteiger partial charge < -0.3 is 4.57 Å². The molecule has 0 spiro atoms. The van der Waals surface area contributed by atoms with E-state index in [1.807, 2.05) is 18.2 Å². The van der Waals surface area contributed by atoms with Gasteiger partial charge in [0.25, 0.3) is 5.56 Å². The normalized spacial score (nSPS) is 11.5. The highest BCUT2D eigenvalue weighted by atomic mass is 19.1. The monoisotopic (exact) mass is 434 g/mol. The number of hydrogen-bond donors (Lipinski definition) is 1. The van der Waals surface area contributed by atoms with Gasteiger partial charge in [0, 0.05) is 20.6 Å². The Balaban J connectivity index is 1.68. The molecule has 9 heteroatoms. The number of rotatable bonds is 7. The Kier molecular flexibility index (Phi) is 5.98. The fourth-order valence-electron chi connectivity index (χ4n) is 3.55. The lowest BCUT2D eigenvalue weighted by Crippen LogP contribution is -2.37. The molecule has 0 bridgehead atoms. The van der Waals surface area contributed by atoms with Gasteiger partial charge in [-0.3, -0.25) is 13.9 Å². The first kappa shape index (κ1) is 21.2. The second-order valence-electron chi connectivity index (χ2n) is 7.48. The summed E-state index contributed by atoms with van der Waals surface area (Å²) in [6.45, 7) is 0.507. The molecule has 8 nitrogen and oxygen atoms in total. The van der Waals surface area contributed by atoms with Crippen LogP contribution in [-0.2, 0) is 27.1 Å². The molecule has 2 aromatic heterocycles. The van der Waals surface area contributed by atoms with E-state index in [0.29, 0.717) is 23.6 Å². The Hall–Kier alpha value is -4.01. The van der Waals surface area contributed by atoms with E-state index in [0.717, 1.165) is 17.4 Å². The van der Waals surface area contributed by atoms with Gasteiger partial charge in [0.05, 0.1) is 6.21 Å². The van der Waals surface area contributed by atoms with Crippen LogP contribution in [0.5, 0.6) is 0 Å². The van der Waals surface area contributed by atoms with Gasteiger partial charge in [-0.1, -0.05) is 42.5 Å². The van der Waals surface area contributed by atoms with Crippen molar-refractivity contribution < 1.29 is 4.39 Å². The van der Waals surface area contributed by atoms with E-state index in [1.165, 1.54) is 35.5 Å². The molecule has 32 heavy (non-hydrogen) atoms. The van der Waals surface area contributed by atoms with Crippen molar-refractivity contribution in [3.05, 3.63) is 92.4 Å². The maximum Gasteiger partial charge on any atom is 0.332 e. The summed E-state index contributed by atoms with van der Waals surface area (Å²) in [4.78, 5) is 29.7. The predicted octanol–water partition coefficient (Wildman–Crippen LogP) is 2.65. The number of hydrazone groups is 1. The summed E-state index contributed by atoms with van der Waals surface area (Å²) in [7, 11) is 3.03. The number of fused-ring (bicyclic) bond motifs is 1. The zero-order valence-corrected chi connectivity index (χ0v) is 17.8. The second-order valence-corrected chi connectivity index (χ2v) is 7.48. The van der Waals surface area contributed by atoms with Crippen LogP contribution in [0.3, 0.4) is 0 Å². The maximum absolute atomic E-state index is 13.1. The standard InChI is InChI=1S/C23H23FN6O2/c1-28-20-19(21(31)29(2)23(28)32)30(14-6-9-16-7-4-3-5-8-16)22(26-20)27-25-15-17-10-12-18(24)13-11-17/h3-5,7-8,10-13,15H,6,9,14H2,1-2H3,(H,26,27)/b25-15-. The number of benzene rings is 2. The van der Waals surface area contributed by atoms with Crippen LogP contribution in [0, 0.1) is 5.82 Å². The molecule has 0 saturated heterocycles. The lowest BCUT2D eigenvalue weighted by atomic mass is 10.1. The number of imidazole rings is 1. The first-order valence-electron chi connectivity index (χ1n) is 10.2. The lowest BCUT2D eigenvalue weighted by Gasteiger charge is -2.09. The number of aryl methyl sites for hydroxylation is 3. The molecule has 0 unspecified atom stereocenters. The molecule has 0 aliphatic carbocycles. The number of hydrogen-bond acceptors (Lipinski definition) is 5. The molecular formula is C23H23FN6O2. The molecule has 164 valence electrons. The average Bonchev–Trinajstić information content (AvgIpc) is 3.17. The van der Waals surface area contributed by atoms with Crippen molar-refractivity contribution in [1.82, 2.24) is 18.7 Å². The van der Waals surface area contributed by atoms with Crippen molar-refractivity contribution in [2.75, 3.05) is 5.43 Å². The Morgan fingerprint density at radius 3 is 2.47 bits per heavy atom. The first-order valence-corrected chi connectivity index (χ1v) is 10.2. The summed E-state index contributed by atoms with van der Waals surface area (Å²) >= 11 is 0. The molecule has 4 rings (SSSR count). The fourth-order valence-corrected chi connectivity index (χ4v) is 3.55. The molecule has 2 aromatic carbocycles. The van der Waals surface area contributed by atoms with Crippen molar-refractivity contribution in [2.45, 2.75) is 19.4 Å². The number of halogens is 1. The fraction of sp³-hybridized carbons (Fsp3) is 0.217. The SMILES string of the molecule is Cn1c(=O)c2c(nc(N/N=C\c3ccc(F)cc3)n2CCCc2ccccc2)n(C)c1=O. The average molecular weight is 434 g/mol. The minimum Gasteiger partial charge on any atom is -0.303 e. The molecule has 0 amide bonds. The Bertz CT molecular complexity index is 1380. The van der Waals surface area contributed by atoms with E-state index < -0.39 is 11.2 Å². The molecule has 0 atom stereocenters. The molecule has 4 aromatic rings. The zero-order chi connectivity index (χ0) is 22.7. The largest absolute Gasteiger partial charge is 0.332 e. The summed E-state index contributed by atoms with van der Waals surface area (Å²) in [6.07, 6.45) is 3.12. The quantitative estimate of drug-likeness (QED) is 0.358. The van der Waals surface area contributed by atoms with E-state index in [2.05, 4.69) is 27.6 Å². The molecule has 0 saturated carbocycles. The van der Waals surface area contributed by atoms with Crippen molar-refractivity contribution in [3.63, 3.8) is 0 Å².